The first-order valence-electron chi connectivity index (χ1n) is 13.7. The molecule has 1 aliphatic carbocycles. The minimum absolute atomic E-state index is 0.0902. The summed E-state index contributed by atoms with van der Waals surface area (Å²) in [4.78, 5) is 41.9. The molecule has 0 bridgehead atoms. The van der Waals surface area contributed by atoms with Gasteiger partial charge in [0.25, 0.3) is 5.56 Å². The summed E-state index contributed by atoms with van der Waals surface area (Å²) >= 11 is 1.52. The standard InChI is InChI=1S/C29H35N7O3S/c1-28(2,3)22-16-40-26(32-22)36-23-21(24(37)35(36)20-9-10-20)14-30-25(33-23)31-19-8-7-17-11-12-34(15-18(17)13-19)27(38)39-29(4,5)6/h7-8,13-14,16,20H,9-12,15H2,1-6H3,(H,30,31,33). The SMILES string of the molecule is CC(C)(C)OC(=O)N1CCc2ccc(Nc3ncc4c(=O)n(C5CC5)n(-c5nc(C(C)(C)C)cs5)c4n3)cc2C1. The van der Waals surface area contributed by atoms with Crippen LogP contribution < -0.4 is 10.9 Å². The smallest absolute Gasteiger partial charge is 0.410 e. The molecule has 1 amide bonds. The van der Waals surface area contributed by atoms with E-state index in [-0.39, 0.29) is 23.1 Å². The van der Waals surface area contributed by atoms with Crippen molar-refractivity contribution in [1.29, 1.82) is 0 Å². The van der Waals surface area contributed by atoms with Crippen molar-refractivity contribution in [3.63, 3.8) is 0 Å². The van der Waals surface area contributed by atoms with E-state index >= 15 is 0 Å². The van der Waals surface area contributed by atoms with E-state index in [1.807, 2.05) is 37.6 Å². The Balaban J connectivity index is 1.32. The van der Waals surface area contributed by atoms with Crippen molar-refractivity contribution in [2.24, 2.45) is 0 Å². The van der Waals surface area contributed by atoms with E-state index in [0.29, 0.717) is 30.1 Å². The third-order valence-electron chi connectivity index (χ3n) is 7.08. The number of hydrogen-bond donors (Lipinski definition) is 1. The second kappa shape index (κ2) is 9.43. The van der Waals surface area contributed by atoms with Crippen molar-refractivity contribution < 1.29 is 9.53 Å². The highest BCUT2D eigenvalue weighted by Crippen LogP contribution is 2.37. The third kappa shape index (κ3) is 5.10. The molecule has 4 heterocycles. The molecule has 4 aromatic rings. The summed E-state index contributed by atoms with van der Waals surface area (Å²) in [5, 5.41) is 6.57. The van der Waals surface area contributed by atoms with E-state index in [1.165, 1.54) is 16.9 Å². The van der Waals surface area contributed by atoms with Gasteiger partial charge in [0.2, 0.25) is 11.1 Å². The molecule has 1 N–H and O–H groups in total. The molecule has 0 radical (unpaired) electrons. The largest absolute Gasteiger partial charge is 0.444 e. The maximum absolute atomic E-state index is 13.4. The molecule has 10 nitrogen and oxygen atoms in total. The van der Waals surface area contributed by atoms with E-state index in [0.717, 1.165) is 41.3 Å². The highest BCUT2D eigenvalue weighted by Gasteiger charge is 2.32. The van der Waals surface area contributed by atoms with Gasteiger partial charge in [0, 0.05) is 35.8 Å². The number of benzene rings is 1. The lowest BCUT2D eigenvalue weighted by Crippen LogP contribution is -2.39. The van der Waals surface area contributed by atoms with Crippen LogP contribution in [0.5, 0.6) is 0 Å². The molecule has 40 heavy (non-hydrogen) atoms. The number of anilines is 2. The first-order valence-corrected chi connectivity index (χ1v) is 14.6. The van der Waals surface area contributed by atoms with Gasteiger partial charge < -0.3 is 15.0 Å². The van der Waals surface area contributed by atoms with Gasteiger partial charge in [-0.2, -0.15) is 4.98 Å². The van der Waals surface area contributed by atoms with Gasteiger partial charge in [-0.1, -0.05) is 26.8 Å². The van der Waals surface area contributed by atoms with Crippen LogP contribution >= 0.6 is 11.3 Å². The molecule has 3 aromatic heterocycles. The fraction of sp³-hybridized carbons (Fsp3) is 0.483. The predicted octanol–water partition coefficient (Wildman–Crippen LogP) is 5.71. The summed E-state index contributed by atoms with van der Waals surface area (Å²) < 4.78 is 9.24. The zero-order valence-electron chi connectivity index (χ0n) is 23.8. The summed E-state index contributed by atoms with van der Waals surface area (Å²) in [5.74, 6) is 0.390. The average Bonchev–Trinajstić information content (AvgIpc) is 3.50. The molecule has 2 aliphatic rings. The lowest BCUT2D eigenvalue weighted by atomic mass is 9.93. The van der Waals surface area contributed by atoms with Gasteiger partial charge >= 0.3 is 6.09 Å². The van der Waals surface area contributed by atoms with E-state index in [2.05, 4.69) is 42.5 Å². The highest BCUT2D eigenvalue weighted by atomic mass is 32.1. The summed E-state index contributed by atoms with van der Waals surface area (Å²) in [6.45, 7) is 13.1. The van der Waals surface area contributed by atoms with E-state index in [4.69, 9.17) is 14.7 Å². The number of thiazole rings is 1. The van der Waals surface area contributed by atoms with E-state index in [1.54, 1.807) is 15.8 Å². The molecule has 1 aliphatic heterocycles. The molecule has 0 unspecified atom stereocenters. The summed E-state index contributed by atoms with van der Waals surface area (Å²) in [5.41, 5.74) is 3.85. The number of fused-ring (bicyclic) bond motifs is 2. The first-order chi connectivity index (χ1) is 18.9. The predicted molar refractivity (Wildman–Crippen MR) is 156 cm³/mol. The fourth-order valence-electron chi connectivity index (χ4n) is 4.84. The first kappa shape index (κ1) is 26.5. The molecule has 1 fully saturated rings. The normalized spacial score (nSPS) is 15.8. The molecule has 6 rings (SSSR count). The van der Waals surface area contributed by atoms with Gasteiger partial charge in [0.15, 0.2) is 5.65 Å². The Bertz CT molecular complexity index is 1670. The van der Waals surface area contributed by atoms with Gasteiger partial charge in [-0.25, -0.2) is 24.1 Å². The number of aromatic nitrogens is 5. The van der Waals surface area contributed by atoms with Gasteiger partial charge in [0.1, 0.15) is 11.0 Å². The second-order valence-corrected chi connectivity index (χ2v) is 13.5. The molecule has 1 aromatic carbocycles. The van der Waals surface area contributed by atoms with Gasteiger partial charge in [-0.3, -0.25) is 4.79 Å². The van der Waals surface area contributed by atoms with Crippen LogP contribution in [0.1, 0.15) is 77.2 Å². The molecule has 0 atom stereocenters. The van der Waals surface area contributed by atoms with Crippen molar-refractivity contribution in [3.05, 3.63) is 57.0 Å². The Morgan fingerprint density at radius 2 is 1.88 bits per heavy atom. The molecular formula is C29H35N7O3S. The zero-order valence-corrected chi connectivity index (χ0v) is 24.6. The number of carbonyl (C=O) groups is 1. The third-order valence-corrected chi connectivity index (χ3v) is 7.90. The summed E-state index contributed by atoms with van der Waals surface area (Å²) in [6.07, 6.45) is 3.98. The second-order valence-electron chi connectivity index (χ2n) is 12.6. The van der Waals surface area contributed by atoms with Crippen LogP contribution in [0.4, 0.5) is 16.4 Å². The number of nitrogens with zero attached hydrogens (tertiary/aromatic N) is 6. The molecule has 0 spiro atoms. The minimum Gasteiger partial charge on any atom is -0.444 e. The molecule has 11 heteroatoms. The Morgan fingerprint density at radius 1 is 1.10 bits per heavy atom. The van der Waals surface area contributed by atoms with Crippen LogP contribution in [0.3, 0.4) is 0 Å². The van der Waals surface area contributed by atoms with E-state index < -0.39 is 5.60 Å². The average molecular weight is 562 g/mol. The van der Waals surface area contributed by atoms with Crippen molar-refractivity contribution in [3.8, 4) is 5.13 Å². The van der Waals surface area contributed by atoms with E-state index in [9.17, 15) is 9.59 Å². The number of amides is 1. The van der Waals surface area contributed by atoms with Crippen LogP contribution in [0.15, 0.2) is 34.6 Å². The van der Waals surface area contributed by atoms with Crippen molar-refractivity contribution in [2.75, 3.05) is 11.9 Å². The lowest BCUT2D eigenvalue weighted by molar-refractivity contribution is 0.0224. The number of ether oxygens (including phenoxy) is 1. The van der Waals surface area contributed by atoms with Crippen LogP contribution in [0, 0.1) is 0 Å². The maximum atomic E-state index is 13.4. The highest BCUT2D eigenvalue weighted by molar-refractivity contribution is 7.12. The lowest BCUT2D eigenvalue weighted by Gasteiger charge is -2.31. The zero-order chi connectivity index (χ0) is 28.4. The molecule has 1 saturated carbocycles. The Kier molecular flexibility index (Phi) is 6.25. The number of rotatable bonds is 4. The maximum Gasteiger partial charge on any atom is 0.410 e. The molecular weight excluding hydrogens is 526 g/mol. The van der Waals surface area contributed by atoms with Crippen LogP contribution in [0.25, 0.3) is 16.2 Å². The molecule has 210 valence electrons. The van der Waals surface area contributed by atoms with Crippen LogP contribution in [-0.2, 0) is 23.1 Å². The Labute approximate surface area is 237 Å². The van der Waals surface area contributed by atoms with Crippen LogP contribution in [0.2, 0.25) is 0 Å². The fourth-order valence-corrected chi connectivity index (χ4v) is 5.89. The summed E-state index contributed by atoms with van der Waals surface area (Å²) in [6, 6.07) is 6.24. The van der Waals surface area contributed by atoms with Gasteiger partial charge in [-0.15, -0.1) is 11.3 Å². The van der Waals surface area contributed by atoms with Crippen LogP contribution in [-0.4, -0.2) is 47.5 Å². The monoisotopic (exact) mass is 561 g/mol. The summed E-state index contributed by atoms with van der Waals surface area (Å²) in [7, 11) is 0. The topological polar surface area (TPSA) is 107 Å². The van der Waals surface area contributed by atoms with Gasteiger partial charge in [-0.05, 0) is 63.3 Å². The number of hydrogen-bond acceptors (Lipinski definition) is 8. The number of nitrogens with one attached hydrogen (secondary N) is 1. The van der Waals surface area contributed by atoms with Crippen molar-refractivity contribution in [2.45, 2.75) is 84.4 Å². The number of carbonyl (C=O) groups excluding carboxylic acids is 1. The Morgan fingerprint density at radius 3 is 2.55 bits per heavy atom. The quantitative estimate of drug-likeness (QED) is 0.340. The van der Waals surface area contributed by atoms with Gasteiger partial charge in [0.05, 0.1) is 11.7 Å². The molecule has 0 saturated heterocycles. The minimum atomic E-state index is -0.539. The Hall–Kier alpha value is -3.73. The van der Waals surface area contributed by atoms with Crippen molar-refractivity contribution in [1.82, 2.24) is 29.2 Å². The van der Waals surface area contributed by atoms with Crippen molar-refractivity contribution >= 4 is 40.1 Å².